The zero-order valence-corrected chi connectivity index (χ0v) is 18.0. The lowest BCUT2D eigenvalue weighted by atomic mass is 10.2. The Bertz CT molecular complexity index is 969. The number of hydrogen-bond acceptors (Lipinski definition) is 7. The molecule has 0 aliphatic heterocycles. The molecule has 2 N–H and O–H groups in total. The molecular weight excluding hydrogens is 408 g/mol. The summed E-state index contributed by atoms with van der Waals surface area (Å²) in [6, 6.07) is 7.61. The van der Waals surface area contributed by atoms with Crippen molar-refractivity contribution in [3.63, 3.8) is 0 Å². The van der Waals surface area contributed by atoms with E-state index in [1.165, 1.54) is 23.1 Å². The molecule has 29 heavy (non-hydrogen) atoms. The van der Waals surface area contributed by atoms with Crippen LogP contribution in [0.15, 0.2) is 41.0 Å². The number of amides is 2. The Labute approximate surface area is 177 Å². The third kappa shape index (κ3) is 5.64. The highest BCUT2D eigenvalue weighted by atomic mass is 32.2. The summed E-state index contributed by atoms with van der Waals surface area (Å²) in [7, 11) is 0. The van der Waals surface area contributed by atoms with E-state index >= 15 is 0 Å². The fourth-order valence-corrected chi connectivity index (χ4v) is 4.01. The molecule has 2 heterocycles. The number of hydrogen-bond donors (Lipinski definition) is 2. The predicted octanol–water partition coefficient (Wildman–Crippen LogP) is 3.36. The molecular formula is C19H22N6O2S2. The van der Waals surface area contributed by atoms with E-state index in [1.54, 1.807) is 18.5 Å². The summed E-state index contributed by atoms with van der Waals surface area (Å²) < 4.78 is 1.85. The lowest BCUT2D eigenvalue weighted by Gasteiger charge is -2.11. The van der Waals surface area contributed by atoms with Crippen LogP contribution < -0.4 is 10.6 Å². The number of rotatable bonds is 8. The normalized spacial score (nSPS) is 11.8. The van der Waals surface area contributed by atoms with E-state index in [0.717, 1.165) is 11.3 Å². The molecule has 1 atom stereocenters. The van der Waals surface area contributed by atoms with Gasteiger partial charge in [-0.2, -0.15) is 0 Å². The van der Waals surface area contributed by atoms with E-state index in [0.29, 0.717) is 22.7 Å². The number of benzene rings is 1. The summed E-state index contributed by atoms with van der Waals surface area (Å²) in [4.78, 5) is 28.8. The summed E-state index contributed by atoms with van der Waals surface area (Å²) in [5.74, 6) is 0.239. The SMILES string of the molecule is CCn1c(CC(=O)Nc2ccc(C)cc2)nnc1S[C@@H](C)C(=O)Nc1nccs1. The highest BCUT2D eigenvalue weighted by Gasteiger charge is 2.21. The molecule has 8 nitrogen and oxygen atoms in total. The number of thiazole rings is 1. The lowest BCUT2D eigenvalue weighted by molar-refractivity contribution is -0.116. The molecule has 152 valence electrons. The van der Waals surface area contributed by atoms with Crippen molar-refractivity contribution >= 4 is 45.7 Å². The molecule has 0 saturated heterocycles. The van der Waals surface area contributed by atoms with Gasteiger partial charge in [-0.1, -0.05) is 29.5 Å². The Kier molecular flexibility index (Phi) is 6.99. The summed E-state index contributed by atoms with van der Waals surface area (Å²) in [6.07, 6.45) is 1.74. The van der Waals surface area contributed by atoms with E-state index in [9.17, 15) is 9.59 Å². The molecule has 0 fully saturated rings. The van der Waals surface area contributed by atoms with Crippen molar-refractivity contribution in [2.24, 2.45) is 0 Å². The van der Waals surface area contributed by atoms with Crippen molar-refractivity contribution in [3.8, 4) is 0 Å². The number of carbonyl (C=O) groups excluding carboxylic acids is 2. The van der Waals surface area contributed by atoms with Crippen molar-refractivity contribution in [2.45, 2.75) is 44.1 Å². The number of thioether (sulfide) groups is 1. The fraction of sp³-hybridized carbons (Fsp3) is 0.316. The smallest absolute Gasteiger partial charge is 0.239 e. The van der Waals surface area contributed by atoms with Crippen LogP contribution in [-0.4, -0.2) is 36.8 Å². The van der Waals surface area contributed by atoms with Crippen LogP contribution in [0, 0.1) is 6.92 Å². The molecule has 2 amide bonds. The largest absolute Gasteiger partial charge is 0.326 e. The molecule has 10 heteroatoms. The van der Waals surface area contributed by atoms with Crippen LogP contribution >= 0.6 is 23.1 Å². The van der Waals surface area contributed by atoms with Gasteiger partial charge >= 0.3 is 0 Å². The molecule has 0 aliphatic carbocycles. The van der Waals surface area contributed by atoms with Gasteiger partial charge in [-0.3, -0.25) is 9.59 Å². The van der Waals surface area contributed by atoms with Gasteiger partial charge in [-0.05, 0) is 32.9 Å². The average Bonchev–Trinajstić information content (AvgIpc) is 3.33. The van der Waals surface area contributed by atoms with Gasteiger partial charge in [0.15, 0.2) is 10.3 Å². The van der Waals surface area contributed by atoms with Crippen molar-refractivity contribution in [1.29, 1.82) is 0 Å². The molecule has 0 aliphatic rings. The highest BCUT2D eigenvalue weighted by molar-refractivity contribution is 8.00. The van der Waals surface area contributed by atoms with Crippen LogP contribution in [0.4, 0.5) is 10.8 Å². The minimum atomic E-state index is -0.386. The van der Waals surface area contributed by atoms with E-state index in [1.807, 2.05) is 42.7 Å². The maximum absolute atomic E-state index is 12.4. The predicted molar refractivity (Wildman–Crippen MR) is 115 cm³/mol. The van der Waals surface area contributed by atoms with E-state index in [4.69, 9.17) is 0 Å². The summed E-state index contributed by atoms with van der Waals surface area (Å²) in [5, 5.41) is 16.6. The van der Waals surface area contributed by atoms with Gasteiger partial charge in [0.25, 0.3) is 0 Å². The Balaban J connectivity index is 1.62. The summed E-state index contributed by atoms with van der Waals surface area (Å²) in [5.41, 5.74) is 1.87. The maximum atomic E-state index is 12.4. The van der Waals surface area contributed by atoms with Gasteiger partial charge in [-0.25, -0.2) is 4.98 Å². The first-order chi connectivity index (χ1) is 14.0. The van der Waals surface area contributed by atoms with Crippen LogP contribution in [0.25, 0.3) is 0 Å². The minimum absolute atomic E-state index is 0.106. The standard InChI is InChI=1S/C19H22N6O2S2/c1-4-25-15(11-16(26)21-14-7-5-12(2)6-8-14)23-24-19(25)29-13(3)17(27)22-18-20-9-10-28-18/h5-10,13H,4,11H2,1-3H3,(H,21,26)(H,20,22,27)/t13-/m0/s1. The van der Waals surface area contributed by atoms with Gasteiger partial charge < -0.3 is 15.2 Å². The first-order valence-corrected chi connectivity index (χ1v) is 10.9. The summed E-state index contributed by atoms with van der Waals surface area (Å²) in [6.45, 7) is 6.34. The number of nitrogens with zero attached hydrogens (tertiary/aromatic N) is 4. The first-order valence-electron chi connectivity index (χ1n) is 9.12. The topological polar surface area (TPSA) is 102 Å². The molecule has 0 spiro atoms. The van der Waals surface area contributed by atoms with Crippen LogP contribution in [0.1, 0.15) is 25.2 Å². The van der Waals surface area contributed by atoms with Crippen LogP contribution in [0.2, 0.25) is 0 Å². The first kappa shape index (κ1) is 21.0. The van der Waals surface area contributed by atoms with Gasteiger partial charge in [0.2, 0.25) is 11.8 Å². The number of anilines is 2. The zero-order valence-electron chi connectivity index (χ0n) is 16.4. The second-order valence-corrected chi connectivity index (χ2v) is 8.52. The van der Waals surface area contributed by atoms with Crippen molar-refractivity contribution in [1.82, 2.24) is 19.7 Å². The molecule has 2 aromatic heterocycles. The molecule has 0 bridgehead atoms. The second kappa shape index (κ2) is 9.66. The van der Waals surface area contributed by atoms with Gasteiger partial charge in [0, 0.05) is 23.8 Å². The second-order valence-electron chi connectivity index (χ2n) is 6.32. The Morgan fingerprint density at radius 2 is 1.97 bits per heavy atom. The van der Waals surface area contributed by atoms with Crippen LogP contribution in [0.3, 0.4) is 0 Å². The Morgan fingerprint density at radius 3 is 2.62 bits per heavy atom. The highest BCUT2D eigenvalue weighted by Crippen LogP contribution is 2.24. The molecule has 0 unspecified atom stereocenters. The number of aromatic nitrogens is 4. The van der Waals surface area contributed by atoms with Gasteiger partial charge in [0.1, 0.15) is 5.82 Å². The van der Waals surface area contributed by atoms with Gasteiger partial charge in [0.05, 0.1) is 11.7 Å². The number of carbonyl (C=O) groups is 2. The third-order valence-electron chi connectivity index (χ3n) is 4.08. The fourth-order valence-electron chi connectivity index (χ4n) is 2.54. The van der Waals surface area contributed by atoms with Crippen LogP contribution in [-0.2, 0) is 22.6 Å². The monoisotopic (exact) mass is 430 g/mol. The molecule has 3 rings (SSSR count). The van der Waals surface area contributed by atoms with Gasteiger partial charge in [-0.15, -0.1) is 21.5 Å². The molecule has 0 saturated carbocycles. The van der Waals surface area contributed by atoms with Crippen molar-refractivity contribution in [3.05, 3.63) is 47.2 Å². The third-order valence-corrected chi connectivity index (χ3v) is 5.85. The zero-order chi connectivity index (χ0) is 20.8. The number of aryl methyl sites for hydroxylation is 1. The average molecular weight is 431 g/mol. The van der Waals surface area contributed by atoms with E-state index in [-0.39, 0.29) is 23.5 Å². The van der Waals surface area contributed by atoms with Crippen molar-refractivity contribution in [2.75, 3.05) is 10.6 Å². The molecule has 1 aromatic carbocycles. The van der Waals surface area contributed by atoms with Crippen LogP contribution in [0.5, 0.6) is 0 Å². The minimum Gasteiger partial charge on any atom is -0.326 e. The molecule has 0 radical (unpaired) electrons. The van der Waals surface area contributed by atoms with E-state index in [2.05, 4.69) is 25.8 Å². The summed E-state index contributed by atoms with van der Waals surface area (Å²) >= 11 is 2.67. The Hall–Kier alpha value is -2.72. The van der Waals surface area contributed by atoms with Crippen molar-refractivity contribution < 1.29 is 9.59 Å². The maximum Gasteiger partial charge on any atom is 0.239 e. The molecule has 3 aromatic rings. The quantitative estimate of drug-likeness (QED) is 0.531. The Morgan fingerprint density at radius 1 is 1.21 bits per heavy atom. The van der Waals surface area contributed by atoms with E-state index < -0.39 is 0 Å². The number of nitrogens with one attached hydrogen (secondary N) is 2. The lowest BCUT2D eigenvalue weighted by Crippen LogP contribution is -2.23.